The molecule has 0 aliphatic heterocycles. The van der Waals surface area contributed by atoms with Crippen molar-refractivity contribution in [1.82, 2.24) is 0 Å². The summed E-state index contributed by atoms with van der Waals surface area (Å²) in [7, 11) is -1.77. The topological polar surface area (TPSA) is 54.5 Å². The van der Waals surface area contributed by atoms with Crippen LogP contribution in [0.2, 0.25) is 0 Å². The lowest BCUT2D eigenvalue weighted by Crippen LogP contribution is -2.30. The van der Waals surface area contributed by atoms with Crippen LogP contribution >= 0.6 is 11.8 Å². The minimum Gasteiger partial charge on any atom is -0.294 e. The molecule has 0 fully saturated rings. The monoisotopic (exact) mass is 329 g/mol. The van der Waals surface area contributed by atoms with Gasteiger partial charge in [-0.3, -0.25) is 9.10 Å². The Morgan fingerprint density at radius 3 is 2.29 bits per heavy atom. The van der Waals surface area contributed by atoms with E-state index in [1.165, 1.54) is 4.31 Å². The summed E-state index contributed by atoms with van der Waals surface area (Å²) in [5.41, 5.74) is 1.19. The molecule has 1 aromatic carbocycles. The van der Waals surface area contributed by atoms with E-state index in [0.29, 0.717) is 28.7 Å². The van der Waals surface area contributed by atoms with Crippen LogP contribution in [0.5, 0.6) is 0 Å². The number of Topliss-reactive ketones (excluding diaryl/α,β-unsaturated/α-hetero) is 1. The van der Waals surface area contributed by atoms with Gasteiger partial charge < -0.3 is 0 Å². The van der Waals surface area contributed by atoms with E-state index in [1.54, 1.807) is 50.0 Å². The molecular formula is C15H23NO3S2. The highest BCUT2D eigenvalue weighted by Gasteiger charge is 2.18. The van der Waals surface area contributed by atoms with Gasteiger partial charge >= 0.3 is 0 Å². The van der Waals surface area contributed by atoms with Crippen molar-refractivity contribution in [2.24, 2.45) is 0 Å². The molecule has 0 N–H and O–H groups in total. The Balaban J connectivity index is 2.77. The first-order valence-electron chi connectivity index (χ1n) is 6.99. The van der Waals surface area contributed by atoms with E-state index in [9.17, 15) is 13.2 Å². The summed E-state index contributed by atoms with van der Waals surface area (Å²) in [4.78, 5) is 11.6. The van der Waals surface area contributed by atoms with E-state index in [4.69, 9.17) is 0 Å². The van der Waals surface area contributed by atoms with Crippen molar-refractivity contribution in [3.05, 3.63) is 29.8 Å². The summed E-state index contributed by atoms with van der Waals surface area (Å²) >= 11 is 1.63. The van der Waals surface area contributed by atoms with Crippen LogP contribution in [0, 0.1) is 0 Å². The molecule has 0 saturated heterocycles. The fourth-order valence-corrected chi connectivity index (χ4v) is 4.16. The van der Waals surface area contributed by atoms with Gasteiger partial charge in [0, 0.05) is 24.8 Å². The largest absolute Gasteiger partial charge is 0.294 e. The fraction of sp³-hybridized carbons (Fsp3) is 0.533. The lowest BCUT2D eigenvalue weighted by Gasteiger charge is -2.19. The number of benzene rings is 1. The highest BCUT2D eigenvalue weighted by molar-refractivity contribution is 8.01. The first-order valence-corrected chi connectivity index (χ1v) is 9.65. The number of sulfonamides is 1. The molecule has 0 atom stereocenters. The number of thioether (sulfide) groups is 1. The van der Waals surface area contributed by atoms with Crippen LogP contribution in [0.25, 0.3) is 0 Å². The summed E-state index contributed by atoms with van der Waals surface area (Å²) in [6.45, 7) is 5.90. The predicted octanol–water partition coefficient (Wildman–Crippen LogP) is 3.19. The number of nitrogens with zero attached hydrogens (tertiary/aromatic N) is 1. The van der Waals surface area contributed by atoms with Gasteiger partial charge in [0.2, 0.25) is 10.0 Å². The second-order valence-corrected chi connectivity index (χ2v) is 8.83. The Morgan fingerprint density at radius 2 is 1.81 bits per heavy atom. The van der Waals surface area contributed by atoms with Gasteiger partial charge in [-0.05, 0) is 29.5 Å². The molecule has 0 aromatic heterocycles. The van der Waals surface area contributed by atoms with Crippen molar-refractivity contribution in [3.8, 4) is 0 Å². The highest BCUT2D eigenvalue weighted by Crippen LogP contribution is 2.19. The summed E-state index contributed by atoms with van der Waals surface area (Å²) in [6, 6.07) is 6.71. The minimum absolute atomic E-state index is 0.0559. The number of anilines is 1. The summed E-state index contributed by atoms with van der Waals surface area (Å²) < 4.78 is 25.8. The summed E-state index contributed by atoms with van der Waals surface area (Å²) in [5, 5.41) is 0.421. The van der Waals surface area contributed by atoms with E-state index in [2.05, 4.69) is 0 Å². The van der Waals surface area contributed by atoms with E-state index in [1.807, 2.05) is 13.8 Å². The van der Waals surface area contributed by atoms with E-state index in [-0.39, 0.29) is 11.5 Å². The number of carbonyl (C=O) groups excluding carboxylic acids is 1. The lowest BCUT2D eigenvalue weighted by atomic mass is 10.1. The van der Waals surface area contributed by atoms with E-state index >= 15 is 0 Å². The average Bonchev–Trinajstić information content (AvgIpc) is 2.45. The molecule has 21 heavy (non-hydrogen) atoms. The molecule has 1 rings (SSSR count). The van der Waals surface area contributed by atoms with Gasteiger partial charge in [0.1, 0.15) is 0 Å². The minimum atomic E-state index is -3.32. The van der Waals surface area contributed by atoms with Gasteiger partial charge in [-0.15, -0.1) is 0 Å². The van der Waals surface area contributed by atoms with Crippen molar-refractivity contribution >= 4 is 33.3 Å². The molecular weight excluding hydrogens is 306 g/mol. The van der Waals surface area contributed by atoms with Crippen molar-refractivity contribution < 1.29 is 13.2 Å². The molecule has 6 heteroatoms. The van der Waals surface area contributed by atoms with Gasteiger partial charge in [-0.1, -0.05) is 20.8 Å². The van der Waals surface area contributed by atoms with Crippen LogP contribution in [0.15, 0.2) is 24.3 Å². The normalized spacial score (nSPS) is 11.7. The molecule has 0 amide bonds. The molecule has 1 aromatic rings. The van der Waals surface area contributed by atoms with Gasteiger partial charge in [0.25, 0.3) is 0 Å². The molecule has 0 radical (unpaired) electrons. The van der Waals surface area contributed by atoms with Crippen LogP contribution in [0.3, 0.4) is 0 Å². The van der Waals surface area contributed by atoms with Crippen molar-refractivity contribution in [1.29, 1.82) is 0 Å². The van der Waals surface area contributed by atoms with Crippen LogP contribution in [0.1, 0.15) is 37.6 Å². The maximum absolute atomic E-state index is 12.2. The third kappa shape index (κ3) is 5.36. The molecule has 0 saturated carbocycles. The first-order chi connectivity index (χ1) is 9.77. The second kappa shape index (κ2) is 7.84. The lowest BCUT2D eigenvalue weighted by molar-refractivity contribution is 0.0988. The Bertz CT molecular complexity index is 565. The Labute approximate surface area is 132 Å². The van der Waals surface area contributed by atoms with Crippen molar-refractivity contribution in [3.63, 3.8) is 0 Å². The summed E-state index contributed by atoms with van der Waals surface area (Å²) in [5.74, 6) is 0.749. The van der Waals surface area contributed by atoms with Crippen LogP contribution in [0.4, 0.5) is 5.69 Å². The van der Waals surface area contributed by atoms with Gasteiger partial charge in [0.15, 0.2) is 5.78 Å². The maximum Gasteiger partial charge on any atom is 0.235 e. The number of hydrogen-bond donors (Lipinski definition) is 0. The predicted molar refractivity (Wildman–Crippen MR) is 90.8 cm³/mol. The molecule has 0 heterocycles. The zero-order valence-electron chi connectivity index (χ0n) is 13.0. The molecule has 118 valence electrons. The standard InChI is InChI=1S/C15H23NO3S2/c1-5-15(17)13-6-8-14(9-7-13)16(4)21(18,19)11-10-20-12(2)3/h6-9,12H,5,10-11H2,1-4H3. The third-order valence-electron chi connectivity index (χ3n) is 3.08. The van der Waals surface area contributed by atoms with Crippen LogP contribution in [-0.4, -0.2) is 38.0 Å². The SMILES string of the molecule is CCC(=O)c1ccc(N(C)S(=O)(=O)CCSC(C)C)cc1. The van der Waals surface area contributed by atoms with Gasteiger partial charge in [0.05, 0.1) is 11.4 Å². The van der Waals surface area contributed by atoms with Crippen LogP contribution in [-0.2, 0) is 10.0 Å². The number of ketones is 1. The van der Waals surface area contributed by atoms with Crippen molar-refractivity contribution in [2.75, 3.05) is 22.9 Å². The Hall–Kier alpha value is -1.01. The molecule has 0 unspecified atom stereocenters. The molecule has 0 aliphatic rings. The van der Waals surface area contributed by atoms with Crippen LogP contribution < -0.4 is 4.31 Å². The smallest absolute Gasteiger partial charge is 0.235 e. The molecule has 0 spiro atoms. The first kappa shape index (κ1) is 18.0. The molecule has 0 bridgehead atoms. The zero-order chi connectivity index (χ0) is 16.0. The zero-order valence-corrected chi connectivity index (χ0v) is 14.6. The number of carbonyl (C=O) groups is 1. The molecule has 4 nitrogen and oxygen atoms in total. The van der Waals surface area contributed by atoms with E-state index in [0.717, 1.165) is 0 Å². The Kier molecular flexibility index (Phi) is 6.74. The third-order valence-corrected chi connectivity index (χ3v) is 6.21. The molecule has 0 aliphatic carbocycles. The van der Waals surface area contributed by atoms with Gasteiger partial charge in [-0.2, -0.15) is 11.8 Å². The maximum atomic E-state index is 12.2. The van der Waals surface area contributed by atoms with Gasteiger partial charge in [-0.25, -0.2) is 8.42 Å². The van der Waals surface area contributed by atoms with E-state index < -0.39 is 10.0 Å². The highest BCUT2D eigenvalue weighted by atomic mass is 32.2. The fourth-order valence-electron chi connectivity index (χ4n) is 1.75. The quantitative estimate of drug-likeness (QED) is 0.687. The van der Waals surface area contributed by atoms with Crippen molar-refractivity contribution in [2.45, 2.75) is 32.4 Å². The average molecular weight is 329 g/mol. The number of hydrogen-bond acceptors (Lipinski definition) is 4. The Morgan fingerprint density at radius 1 is 1.24 bits per heavy atom. The number of rotatable bonds is 8. The second-order valence-electron chi connectivity index (χ2n) is 5.03. The summed E-state index contributed by atoms with van der Waals surface area (Å²) in [6.07, 6.45) is 0.444.